The third-order valence-corrected chi connectivity index (χ3v) is 3.18. The molecule has 1 rings (SSSR count). The molecule has 1 aromatic rings. The van der Waals surface area contributed by atoms with Crippen molar-refractivity contribution in [1.29, 1.82) is 0 Å². The number of rotatable bonds is 5. The van der Waals surface area contributed by atoms with Gasteiger partial charge >= 0.3 is 58.4 Å². The summed E-state index contributed by atoms with van der Waals surface area (Å²) in [6.45, 7) is -0.212. The minimum absolute atomic E-state index is 0. The molecule has 100 valence electrons. The van der Waals surface area contributed by atoms with Crippen LogP contribution in [0.2, 0.25) is 5.02 Å². The maximum absolute atomic E-state index is 12.4. The van der Waals surface area contributed by atoms with Crippen LogP contribution in [-0.2, 0) is 0 Å². The van der Waals surface area contributed by atoms with Gasteiger partial charge in [0.1, 0.15) is 0 Å². The van der Waals surface area contributed by atoms with Crippen molar-refractivity contribution in [3.8, 4) is 0 Å². The van der Waals surface area contributed by atoms with E-state index in [0.717, 1.165) is 5.56 Å². The van der Waals surface area contributed by atoms with Gasteiger partial charge in [0, 0.05) is 11.1 Å². The summed E-state index contributed by atoms with van der Waals surface area (Å²) in [4.78, 5) is 1.61. The van der Waals surface area contributed by atoms with E-state index >= 15 is 0 Å². The molecule has 0 aliphatic heterocycles. The zero-order chi connectivity index (χ0) is 13.9. The summed E-state index contributed by atoms with van der Waals surface area (Å²) >= 11 is 5.77. The Labute approximate surface area is 159 Å². The van der Waals surface area contributed by atoms with E-state index in [9.17, 15) is 12.9 Å². The van der Waals surface area contributed by atoms with Crippen molar-refractivity contribution < 1.29 is 64.3 Å². The van der Waals surface area contributed by atoms with Crippen molar-refractivity contribution in [3.63, 3.8) is 0 Å². The average Bonchev–Trinajstić information content (AvgIpc) is 2.27. The van der Waals surface area contributed by atoms with Gasteiger partial charge in [-0.3, -0.25) is 4.90 Å². The third-order valence-electron chi connectivity index (χ3n) is 2.93. The molecule has 0 N–H and O–H groups in total. The van der Waals surface area contributed by atoms with Gasteiger partial charge in [0.15, 0.2) is 0 Å². The molecule has 0 aliphatic carbocycles. The fourth-order valence-electron chi connectivity index (χ4n) is 1.56. The molecule has 0 bridgehead atoms. The standard InChI is InChI=1S/C12H15BClF3N.K/c1-9(13(15,16)17)8-18(3)10(2)11-4-6-12(14)7-5-11;/h4-7,10H,1,8H2,2-3H3;/q-1;+1. The van der Waals surface area contributed by atoms with Crippen LogP contribution in [0, 0.1) is 0 Å². The molecule has 0 amide bonds. The SMILES string of the molecule is C=C(CN(C)C(C)c1ccc(Cl)cc1)[B-](F)(F)F.[K+]. The van der Waals surface area contributed by atoms with Crippen LogP contribution in [0.25, 0.3) is 0 Å². The first-order valence-electron chi connectivity index (χ1n) is 5.55. The number of hydrogen-bond acceptors (Lipinski definition) is 1. The topological polar surface area (TPSA) is 3.24 Å². The Balaban J connectivity index is 0.00000324. The predicted molar refractivity (Wildman–Crippen MR) is 70.7 cm³/mol. The Morgan fingerprint density at radius 1 is 1.32 bits per heavy atom. The van der Waals surface area contributed by atoms with Crippen molar-refractivity contribution >= 4 is 18.6 Å². The minimum Gasteiger partial charge on any atom is -0.445 e. The van der Waals surface area contributed by atoms with E-state index in [4.69, 9.17) is 11.6 Å². The number of likely N-dealkylation sites (N-methyl/N-ethyl adjacent to an activating group) is 1. The molecular formula is C12H15BClF3KN. The minimum atomic E-state index is -4.97. The van der Waals surface area contributed by atoms with Crippen LogP contribution >= 0.6 is 11.6 Å². The second kappa shape index (κ2) is 8.22. The Kier molecular flexibility index (Phi) is 8.52. The third kappa shape index (κ3) is 6.33. The molecule has 0 saturated heterocycles. The van der Waals surface area contributed by atoms with Crippen LogP contribution in [0.15, 0.2) is 36.3 Å². The van der Waals surface area contributed by atoms with E-state index < -0.39 is 12.4 Å². The van der Waals surface area contributed by atoms with E-state index in [1.165, 1.54) is 0 Å². The second-order valence-corrected chi connectivity index (χ2v) is 4.81. The van der Waals surface area contributed by atoms with Gasteiger partial charge in [0.05, 0.1) is 0 Å². The Morgan fingerprint density at radius 3 is 2.21 bits per heavy atom. The van der Waals surface area contributed by atoms with Crippen LogP contribution in [0.3, 0.4) is 0 Å². The first-order valence-corrected chi connectivity index (χ1v) is 5.93. The summed E-state index contributed by atoms with van der Waals surface area (Å²) < 4.78 is 37.3. The molecule has 1 atom stereocenters. The van der Waals surface area contributed by atoms with E-state index in [1.54, 1.807) is 24.1 Å². The number of hydrogen-bond donors (Lipinski definition) is 0. The van der Waals surface area contributed by atoms with Crippen molar-refractivity contribution in [1.82, 2.24) is 4.90 Å². The summed E-state index contributed by atoms with van der Waals surface area (Å²) in [7, 11) is 1.65. The zero-order valence-electron chi connectivity index (χ0n) is 11.3. The second-order valence-electron chi connectivity index (χ2n) is 4.38. The molecule has 1 nitrogen and oxygen atoms in total. The van der Waals surface area contributed by atoms with Gasteiger partial charge in [0.25, 0.3) is 0 Å². The van der Waals surface area contributed by atoms with Crippen molar-refractivity contribution in [3.05, 3.63) is 46.9 Å². The van der Waals surface area contributed by atoms with Gasteiger partial charge in [-0.1, -0.05) is 23.7 Å². The molecular weight excluding hydrogens is 300 g/mol. The molecule has 19 heavy (non-hydrogen) atoms. The summed E-state index contributed by atoms with van der Waals surface area (Å²) in [5.74, 6) is 0. The molecule has 0 aromatic heterocycles. The van der Waals surface area contributed by atoms with E-state index in [2.05, 4.69) is 6.58 Å². The van der Waals surface area contributed by atoms with Crippen LogP contribution in [-0.4, -0.2) is 25.5 Å². The number of halogens is 4. The van der Waals surface area contributed by atoms with Crippen LogP contribution in [0.5, 0.6) is 0 Å². The predicted octanol–water partition coefficient (Wildman–Crippen LogP) is 1.28. The van der Waals surface area contributed by atoms with Gasteiger partial charge in [-0.15, -0.1) is 12.1 Å². The average molecular weight is 316 g/mol. The molecule has 7 heteroatoms. The quantitative estimate of drug-likeness (QED) is 0.740. The van der Waals surface area contributed by atoms with Crippen LogP contribution < -0.4 is 51.4 Å². The van der Waals surface area contributed by atoms with E-state index in [0.29, 0.717) is 5.02 Å². The van der Waals surface area contributed by atoms with Gasteiger partial charge in [-0.25, -0.2) is 0 Å². The molecule has 0 radical (unpaired) electrons. The maximum atomic E-state index is 12.4. The molecule has 0 fully saturated rings. The van der Waals surface area contributed by atoms with Gasteiger partial charge in [-0.05, 0) is 38.2 Å². The fourth-order valence-corrected chi connectivity index (χ4v) is 1.68. The van der Waals surface area contributed by atoms with Gasteiger partial charge in [-0.2, -0.15) is 0 Å². The normalized spacial score (nSPS) is 13.0. The summed E-state index contributed by atoms with van der Waals surface area (Å²) in [5, 5.41) is 0.608. The first kappa shape index (κ1) is 19.7. The fraction of sp³-hybridized carbons (Fsp3) is 0.333. The van der Waals surface area contributed by atoms with E-state index in [1.807, 2.05) is 19.1 Å². The van der Waals surface area contributed by atoms with Crippen molar-refractivity contribution in [2.45, 2.75) is 13.0 Å². The molecule has 0 aliphatic rings. The Hall–Kier alpha value is 0.701. The van der Waals surface area contributed by atoms with E-state index in [-0.39, 0.29) is 64.0 Å². The summed E-state index contributed by atoms with van der Waals surface area (Å²) in [6.07, 6.45) is 0. The van der Waals surface area contributed by atoms with Crippen molar-refractivity contribution in [2.24, 2.45) is 0 Å². The maximum Gasteiger partial charge on any atom is 1.00 e. The largest absolute Gasteiger partial charge is 1.00 e. The first-order chi connectivity index (χ1) is 8.21. The number of benzene rings is 1. The molecule has 1 aromatic carbocycles. The number of nitrogens with zero attached hydrogens (tertiary/aromatic N) is 1. The molecule has 0 spiro atoms. The smallest absolute Gasteiger partial charge is 0.445 e. The van der Waals surface area contributed by atoms with Crippen molar-refractivity contribution in [2.75, 3.05) is 13.6 Å². The summed E-state index contributed by atoms with van der Waals surface area (Å²) in [5.41, 5.74) is 0.239. The van der Waals surface area contributed by atoms with Gasteiger partial charge in [0.2, 0.25) is 0 Å². The van der Waals surface area contributed by atoms with Crippen LogP contribution in [0.1, 0.15) is 18.5 Å². The molecule has 0 saturated carbocycles. The Bertz CT molecular complexity index is 422. The molecule has 0 heterocycles. The van der Waals surface area contributed by atoms with Crippen LogP contribution in [0.4, 0.5) is 12.9 Å². The zero-order valence-corrected chi connectivity index (χ0v) is 15.2. The van der Waals surface area contributed by atoms with Gasteiger partial charge < -0.3 is 12.9 Å². The Morgan fingerprint density at radius 2 is 1.79 bits per heavy atom. The monoisotopic (exact) mass is 315 g/mol. The molecule has 1 unspecified atom stereocenters. The summed E-state index contributed by atoms with van der Waals surface area (Å²) in [6, 6.07) is 6.95.